The minimum atomic E-state index is 0.616. The summed E-state index contributed by atoms with van der Waals surface area (Å²) in [6.45, 7) is 0. The summed E-state index contributed by atoms with van der Waals surface area (Å²) in [6.07, 6.45) is 0. The summed E-state index contributed by atoms with van der Waals surface area (Å²) in [5.74, 6) is 1.87. The third-order valence-corrected chi connectivity index (χ3v) is 11.8. The number of aromatic nitrogens is 3. The predicted molar refractivity (Wildman–Crippen MR) is 252 cm³/mol. The highest BCUT2D eigenvalue weighted by Crippen LogP contribution is 2.44. The number of rotatable bonds is 7. The van der Waals surface area contributed by atoms with Gasteiger partial charge in [0.05, 0.1) is 0 Å². The van der Waals surface area contributed by atoms with E-state index in [0.29, 0.717) is 17.5 Å². The van der Waals surface area contributed by atoms with Gasteiger partial charge in [0, 0.05) is 38.2 Å². The van der Waals surface area contributed by atoms with Crippen molar-refractivity contribution in [3.05, 3.63) is 212 Å². The number of nitrogens with zero attached hydrogens (tertiary/aromatic N) is 3. The van der Waals surface area contributed by atoms with Crippen LogP contribution in [0.4, 0.5) is 0 Å². The van der Waals surface area contributed by atoms with Gasteiger partial charge in [-0.05, 0) is 74.8 Å². The third-order valence-electron chi connectivity index (χ3n) is 11.8. The lowest BCUT2D eigenvalue weighted by Crippen LogP contribution is -2.00. The Balaban J connectivity index is 0.904. The van der Waals surface area contributed by atoms with E-state index in [0.717, 1.165) is 99.5 Å². The van der Waals surface area contributed by atoms with Crippen LogP contribution >= 0.6 is 0 Å². The smallest absolute Gasteiger partial charge is 0.164 e. The van der Waals surface area contributed by atoms with Crippen LogP contribution in [0.2, 0.25) is 0 Å². The highest BCUT2D eigenvalue weighted by molar-refractivity contribution is 6.17. The molecule has 3 aromatic heterocycles. The monoisotopic (exact) mass is 793 g/mol. The van der Waals surface area contributed by atoms with Crippen molar-refractivity contribution in [1.82, 2.24) is 15.0 Å². The molecule has 9 aromatic carbocycles. The molecule has 0 amide bonds. The zero-order valence-electron chi connectivity index (χ0n) is 33.4. The van der Waals surface area contributed by atoms with Gasteiger partial charge in [0.25, 0.3) is 0 Å². The summed E-state index contributed by atoms with van der Waals surface area (Å²) in [5, 5.41) is 4.40. The molecule has 62 heavy (non-hydrogen) atoms. The van der Waals surface area contributed by atoms with E-state index >= 15 is 0 Å². The molecule has 0 N–H and O–H groups in total. The van der Waals surface area contributed by atoms with Crippen molar-refractivity contribution in [2.75, 3.05) is 0 Å². The number of hydrogen-bond acceptors (Lipinski definition) is 5. The molecule has 0 aliphatic carbocycles. The maximum Gasteiger partial charge on any atom is 0.164 e. The first-order chi connectivity index (χ1) is 30.7. The van der Waals surface area contributed by atoms with Gasteiger partial charge in [0.1, 0.15) is 22.3 Å². The lowest BCUT2D eigenvalue weighted by Gasteiger charge is -2.12. The van der Waals surface area contributed by atoms with E-state index in [1.807, 2.05) is 48.5 Å². The second-order valence-electron chi connectivity index (χ2n) is 15.5. The molecule has 290 valence electrons. The molecule has 3 heterocycles. The summed E-state index contributed by atoms with van der Waals surface area (Å²) in [5.41, 5.74) is 15.2. The second-order valence-corrected chi connectivity index (χ2v) is 15.5. The Morgan fingerprint density at radius 2 is 0.613 bits per heavy atom. The zero-order valence-corrected chi connectivity index (χ0v) is 33.4. The lowest BCUT2D eigenvalue weighted by atomic mass is 9.90. The van der Waals surface area contributed by atoms with Crippen molar-refractivity contribution in [3.63, 3.8) is 0 Å². The van der Waals surface area contributed by atoms with Crippen LogP contribution in [-0.2, 0) is 0 Å². The van der Waals surface area contributed by atoms with E-state index in [2.05, 4.69) is 164 Å². The van der Waals surface area contributed by atoms with E-state index in [4.69, 9.17) is 23.8 Å². The lowest BCUT2D eigenvalue weighted by molar-refractivity contribution is 0.668. The number of benzene rings is 9. The number of hydrogen-bond donors (Lipinski definition) is 0. The molecule has 0 unspecified atom stereocenters. The normalized spacial score (nSPS) is 11.5. The van der Waals surface area contributed by atoms with Gasteiger partial charge < -0.3 is 8.83 Å². The van der Waals surface area contributed by atoms with Gasteiger partial charge in [-0.2, -0.15) is 0 Å². The van der Waals surface area contributed by atoms with E-state index in [1.165, 1.54) is 5.56 Å². The Morgan fingerprint density at radius 3 is 1.19 bits per heavy atom. The topological polar surface area (TPSA) is 65.0 Å². The third kappa shape index (κ3) is 6.14. The number of para-hydroxylation sites is 1. The van der Waals surface area contributed by atoms with Crippen molar-refractivity contribution < 1.29 is 8.83 Å². The fourth-order valence-corrected chi connectivity index (χ4v) is 8.79. The van der Waals surface area contributed by atoms with E-state index in [9.17, 15) is 0 Å². The summed E-state index contributed by atoms with van der Waals surface area (Å²) >= 11 is 0. The Morgan fingerprint density at radius 1 is 0.242 bits per heavy atom. The molecule has 5 heteroatoms. The van der Waals surface area contributed by atoms with Crippen LogP contribution < -0.4 is 0 Å². The molecular weight excluding hydrogens is 759 g/mol. The van der Waals surface area contributed by atoms with Gasteiger partial charge >= 0.3 is 0 Å². The molecule has 0 bridgehead atoms. The molecule has 0 saturated heterocycles. The maximum absolute atomic E-state index is 6.63. The van der Waals surface area contributed by atoms with Gasteiger partial charge in [-0.1, -0.05) is 182 Å². The minimum Gasteiger partial charge on any atom is -0.456 e. The van der Waals surface area contributed by atoms with Crippen molar-refractivity contribution in [3.8, 4) is 78.7 Å². The molecule has 12 aromatic rings. The molecule has 0 radical (unpaired) electrons. The molecule has 0 spiro atoms. The Bertz CT molecular complexity index is 3610. The molecule has 12 rings (SSSR count). The molecule has 0 fully saturated rings. The van der Waals surface area contributed by atoms with E-state index in [-0.39, 0.29) is 0 Å². The van der Waals surface area contributed by atoms with Crippen LogP contribution in [0, 0.1) is 0 Å². The number of furan rings is 2. The summed E-state index contributed by atoms with van der Waals surface area (Å²) < 4.78 is 12.9. The van der Waals surface area contributed by atoms with Crippen LogP contribution in [0.5, 0.6) is 0 Å². The summed E-state index contributed by atoms with van der Waals surface area (Å²) in [7, 11) is 0. The zero-order chi connectivity index (χ0) is 41.0. The first-order valence-corrected chi connectivity index (χ1v) is 20.8. The minimum absolute atomic E-state index is 0.616. The standard InChI is InChI=1S/C57H35N3O2/c1-3-13-36(14-4-1)37-25-29-40(30-26-37)56-58-55(39-15-5-2-6-16-39)59-57(60-56)41-31-27-38(28-32-41)42-33-34-48-52(35-42)62-51-24-12-21-46(54(48)51)44-18-8-7-17-43(44)45-20-11-23-50-53(45)47-19-9-10-22-49(47)61-50/h1-35H. The molecule has 0 atom stereocenters. The maximum atomic E-state index is 6.63. The molecule has 5 nitrogen and oxygen atoms in total. The first kappa shape index (κ1) is 35.5. The summed E-state index contributed by atoms with van der Waals surface area (Å²) in [4.78, 5) is 14.9. The van der Waals surface area contributed by atoms with Crippen LogP contribution in [-0.4, -0.2) is 15.0 Å². The van der Waals surface area contributed by atoms with Crippen molar-refractivity contribution in [2.45, 2.75) is 0 Å². The summed E-state index contributed by atoms with van der Waals surface area (Å²) in [6, 6.07) is 73.4. The SMILES string of the molecule is c1ccc(-c2ccc(-c3nc(-c4ccccc4)nc(-c4ccc(-c5ccc6c(c5)oc5cccc(-c7ccccc7-c7cccc8oc9ccccc9c78)c56)cc4)n3)cc2)cc1. The Hall–Kier alpha value is -8.41. The van der Waals surface area contributed by atoms with E-state index in [1.54, 1.807) is 0 Å². The van der Waals surface area contributed by atoms with Crippen molar-refractivity contribution in [1.29, 1.82) is 0 Å². The van der Waals surface area contributed by atoms with Gasteiger partial charge in [0.15, 0.2) is 17.5 Å². The molecule has 0 aliphatic rings. The van der Waals surface area contributed by atoms with Gasteiger partial charge in [-0.3, -0.25) is 0 Å². The Labute approximate surface area is 357 Å². The van der Waals surface area contributed by atoms with Crippen LogP contribution in [0.1, 0.15) is 0 Å². The van der Waals surface area contributed by atoms with Crippen LogP contribution in [0.25, 0.3) is 123 Å². The highest BCUT2D eigenvalue weighted by atomic mass is 16.3. The van der Waals surface area contributed by atoms with Gasteiger partial charge in [-0.25, -0.2) is 15.0 Å². The molecule has 0 aliphatic heterocycles. The highest BCUT2D eigenvalue weighted by Gasteiger charge is 2.19. The second kappa shape index (κ2) is 14.7. The molecular formula is C57H35N3O2. The fourth-order valence-electron chi connectivity index (χ4n) is 8.79. The number of fused-ring (bicyclic) bond motifs is 6. The Kier molecular flexibility index (Phi) is 8.42. The molecule has 0 saturated carbocycles. The van der Waals surface area contributed by atoms with Gasteiger partial charge in [-0.15, -0.1) is 0 Å². The predicted octanol–water partition coefficient (Wildman–Crippen LogP) is 15.3. The van der Waals surface area contributed by atoms with Crippen molar-refractivity contribution >= 4 is 43.9 Å². The average Bonchev–Trinajstić information content (AvgIpc) is 3.93. The largest absolute Gasteiger partial charge is 0.456 e. The van der Waals surface area contributed by atoms with Crippen LogP contribution in [0.3, 0.4) is 0 Å². The van der Waals surface area contributed by atoms with Crippen LogP contribution in [0.15, 0.2) is 221 Å². The quantitative estimate of drug-likeness (QED) is 0.161. The van der Waals surface area contributed by atoms with Crippen molar-refractivity contribution in [2.24, 2.45) is 0 Å². The average molecular weight is 794 g/mol. The van der Waals surface area contributed by atoms with E-state index < -0.39 is 0 Å². The van der Waals surface area contributed by atoms with Gasteiger partial charge in [0.2, 0.25) is 0 Å². The fraction of sp³-hybridized carbons (Fsp3) is 0. The first-order valence-electron chi connectivity index (χ1n) is 20.8.